The van der Waals surface area contributed by atoms with Crippen molar-refractivity contribution in [1.29, 1.82) is 0 Å². The topological polar surface area (TPSA) is 65.9 Å². The Morgan fingerprint density at radius 3 is 2.50 bits per heavy atom. The molecule has 5 nitrogen and oxygen atoms in total. The lowest BCUT2D eigenvalue weighted by Crippen LogP contribution is -2.39. The van der Waals surface area contributed by atoms with E-state index in [1.54, 1.807) is 19.2 Å². The lowest BCUT2D eigenvalue weighted by atomic mass is 10.0. The van der Waals surface area contributed by atoms with Crippen LogP contribution >= 0.6 is 24.0 Å². The van der Waals surface area contributed by atoms with Gasteiger partial charge in [-0.25, -0.2) is 4.39 Å². The minimum Gasteiger partial charge on any atom is -0.494 e. The van der Waals surface area contributed by atoms with E-state index in [0.717, 1.165) is 11.1 Å². The predicted octanol–water partition coefficient (Wildman–Crippen LogP) is 2.89. The summed E-state index contributed by atoms with van der Waals surface area (Å²) in [6.07, 6.45) is 0. The molecular formula is C19H25FIN3O2. The monoisotopic (exact) mass is 473 g/mol. The maximum atomic E-state index is 13.7. The predicted molar refractivity (Wildman–Crippen MR) is 113 cm³/mol. The number of rotatable bonds is 7. The van der Waals surface area contributed by atoms with Crippen molar-refractivity contribution in [3.63, 3.8) is 0 Å². The molecule has 0 heterocycles. The standard InChI is InChI=1S/C19H24FN3O2.HI/c1-21-19(22-11-14-8-9-18(25-2)17(20)10-14)23-12-16(13-24)15-6-4-3-5-7-15;/h3-10,16,24H,11-13H2,1-2H3,(H2,21,22,23);1H. The van der Waals surface area contributed by atoms with Gasteiger partial charge < -0.3 is 20.5 Å². The molecule has 142 valence electrons. The number of ether oxygens (including phenoxy) is 1. The van der Waals surface area contributed by atoms with Crippen LogP contribution in [0.15, 0.2) is 53.5 Å². The second-order valence-electron chi connectivity index (χ2n) is 5.57. The Balaban J connectivity index is 0.00000338. The molecule has 0 saturated carbocycles. The van der Waals surface area contributed by atoms with Crippen molar-refractivity contribution >= 4 is 29.9 Å². The fourth-order valence-electron chi connectivity index (χ4n) is 2.46. The van der Waals surface area contributed by atoms with Crippen molar-refractivity contribution in [3.05, 3.63) is 65.5 Å². The Labute approximate surface area is 170 Å². The first kappa shape index (κ1) is 22.2. The van der Waals surface area contributed by atoms with Crippen LogP contribution in [0.4, 0.5) is 4.39 Å². The smallest absolute Gasteiger partial charge is 0.191 e. The van der Waals surface area contributed by atoms with Gasteiger partial charge in [-0.1, -0.05) is 36.4 Å². The van der Waals surface area contributed by atoms with Gasteiger partial charge in [-0.3, -0.25) is 4.99 Å². The number of hydrogen-bond acceptors (Lipinski definition) is 3. The van der Waals surface area contributed by atoms with Crippen LogP contribution in [0.3, 0.4) is 0 Å². The van der Waals surface area contributed by atoms with Crippen LogP contribution in [0.2, 0.25) is 0 Å². The number of benzene rings is 2. The van der Waals surface area contributed by atoms with E-state index in [0.29, 0.717) is 19.0 Å². The van der Waals surface area contributed by atoms with Gasteiger partial charge in [-0.15, -0.1) is 24.0 Å². The van der Waals surface area contributed by atoms with Gasteiger partial charge in [-0.05, 0) is 23.3 Å². The number of methoxy groups -OCH3 is 1. The minimum absolute atomic E-state index is 0. The van der Waals surface area contributed by atoms with Gasteiger partial charge >= 0.3 is 0 Å². The third kappa shape index (κ3) is 6.45. The molecule has 0 radical (unpaired) electrons. The number of nitrogens with one attached hydrogen (secondary N) is 2. The Hall–Kier alpha value is -1.87. The number of aliphatic hydroxyl groups excluding tert-OH is 1. The number of halogens is 2. The molecule has 0 bridgehead atoms. The summed E-state index contributed by atoms with van der Waals surface area (Å²) in [7, 11) is 3.10. The van der Waals surface area contributed by atoms with Crippen LogP contribution in [0.25, 0.3) is 0 Å². The Morgan fingerprint density at radius 2 is 1.92 bits per heavy atom. The highest BCUT2D eigenvalue weighted by molar-refractivity contribution is 14.0. The molecule has 1 atom stereocenters. The lowest BCUT2D eigenvalue weighted by Gasteiger charge is -2.18. The van der Waals surface area contributed by atoms with Gasteiger partial charge in [0.15, 0.2) is 17.5 Å². The third-order valence-corrected chi connectivity index (χ3v) is 3.91. The largest absolute Gasteiger partial charge is 0.494 e. The highest BCUT2D eigenvalue weighted by Gasteiger charge is 2.11. The highest BCUT2D eigenvalue weighted by Crippen LogP contribution is 2.17. The summed E-state index contributed by atoms with van der Waals surface area (Å²) in [6.45, 7) is 1.00. The molecule has 0 spiro atoms. The average Bonchev–Trinajstić information content (AvgIpc) is 2.65. The van der Waals surface area contributed by atoms with Crippen molar-refractivity contribution in [3.8, 4) is 5.75 Å². The van der Waals surface area contributed by atoms with E-state index < -0.39 is 5.82 Å². The van der Waals surface area contributed by atoms with Crippen molar-refractivity contribution < 1.29 is 14.2 Å². The van der Waals surface area contributed by atoms with Crippen LogP contribution < -0.4 is 15.4 Å². The lowest BCUT2D eigenvalue weighted by molar-refractivity contribution is 0.265. The number of aliphatic imine (C=N–C) groups is 1. The molecule has 1 unspecified atom stereocenters. The van der Waals surface area contributed by atoms with E-state index >= 15 is 0 Å². The van der Waals surface area contributed by atoms with Gasteiger partial charge in [0.25, 0.3) is 0 Å². The molecule has 0 fully saturated rings. The first-order valence-corrected chi connectivity index (χ1v) is 8.10. The summed E-state index contributed by atoms with van der Waals surface area (Å²) in [5.74, 6) is 0.387. The maximum absolute atomic E-state index is 13.7. The number of hydrogen-bond donors (Lipinski definition) is 3. The highest BCUT2D eigenvalue weighted by atomic mass is 127. The van der Waals surface area contributed by atoms with E-state index in [-0.39, 0.29) is 42.3 Å². The van der Waals surface area contributed by atoms with E-state index in [2.05, 4.69) is 15.6 Å². The normalized spacial score (nSPS) is 12.1. The molecule has 0 aliphatic heterocycles. The van der Waals surface area contributed by atoms with Crippen LogP contribution in [-0.2, 0) is 6.54 Å². The molecule has 26 heavy (non-hydrogen) atoms. The van der Waals surface area contributed by atoms with Crippen LogP contribution in [-0.4, -0.2) is 38.4 Å². The Morgan fingerprint density at radius 1 is 1.19 bits per heavy atom. The Bertz CT molecular complexity index is 698. The van der Waals surface area contributed by atoms with Crippen molar-refractivity contribution in [2.24, 2.45) is 4.99 Å². The summed E-state index contributed by atoms with van der Waals surface area (Å²) >= 11 is 0. The molecule has 2 rings (SSSR count). The molecule has 0 aliphatic rings. The molecule has 0 saturated heterocycles. The third-order valence-electron chi connectivity index (χ3n) is 3.91. The summed E-state index contributed by atoms with van der Waals surface area (Å²) < 4.78 is 18.6. The first-order chi connectivity index (χ1) is 12.2. The summed E-state index contributed by atoms with van der Waals surface area (Å²) in [5, 5.41) is 15.9. The van der Waals surface area contributed by atoms with E-state index in [4.69, 9.17) is 4.74 Å². The fourth-order valence-corrected chi connectivity index (χ4v) is 2.46. The number of aliphatic hydroxyl groups is 1. The Kier molecular flexibility index (Phi) is 9.97. The average molecular weight is 473 g/mol. The zero-order valence-corrected chi connectivity index (χ0v) is 17.2. The maximum Gasteiger partial charge on any atom is 0.191 e. The molecule has 2 aromatic carbocycles. The first-order valence-electron chi connectivity index (χ1n) is 8.10. The van der Waals surface area contributed by atoms with Crippen LogP contribution in [0.5, 0.6) is 5.75 Å². The molecule has 7 heteroatoms. The second-order valence-corrected chi connectivity index (χ2v) is 5.57. The van der Waals surface area contributed by atoms with Gasteiger partial charge in [0.1, 0.15) is 0 Å². The van der Waals surface area contributed by atoms with Crippen LogP contribution in [0, 0.1) is 5.82 Å². The molecule has 0 amide bonds. The second kappa shape index (κ2) is 11.7. The molecular weight excluding hydrogens is 448 g/mol. The van der Waals surface area contributed by atoms with Gasteiger partial charge in [0.05, 0.1) is 13.7 Å². The quantitative estimate of drug-likeness (QED) is 0.329. The van der Waals surface area contributed by atoms with Crippen molar-refractivity contribution in [2.75, 3.05) is 27.3 Å². The van der Waals surface area contributed by atoms with Gasteiger partial charge in [0, 0.05) is 26.1 Å². The zero-order valence-electron chi connectivity index (χ0n) is 14.9. The molecule has 0 aromatic heterocycles. The van der Waals surface area contributed by atoms with Gasteiger partial charge in [0.2, 0.25) is 0 Å². The summed E-state index contributed by atoms with van der Waals surface area (Å²) in [5.41, 5.74) is 1.84. The fraction of sp³-hybridized carbons (Fsp3) is 0.316. The summed E-state index contributed by atoms with van der Waals surface area (Å²) in [4.78, 5) is 4.15. The molecule has 2 aromatic rings. The van der Waals surface area contributed by atoms with Crippen LogP contribution in [0.1, 0.15) is 17.0 Å². The molecule has 0 aliphatic carbocycles. The number of nitrogens with zero attached hydrogens (tertiary/aromatic N) is 1. The van der Waals surface area contributed by atoms with Crippen molar-refractivity contribution in [1.82, 2.24) is 10.6 Å². The molecule has 3 N–H and O–H groups in total. The minimum atomic E-state index is -0.394. The SMILES string of the molecule is CN=C(NCc1ccc(OC)c(F)c1)NCC(CO)c1ccccc1.I. The zero-order chi connectivity index (χ0) is 18.1. The number of guanidine groups is 1. The van der Waals surface area contributed by atoms with E-state index in [9.17, 15) is 9.50 Å². The summed E-state index contributed by atoms with van der Waals surface area (Å²) in [6, 6.07) is 14.6. The van der Waals surface area contributed by atoms with E-state index in [1.807, 2.05) is 30.3 Å². The van der Waals surface area contributed by atoms with Crippen molar-refractivity contribution in [2.45, 2.75) is 12.5 Å². The van der Waals surface area contributed by atoms with E-state index in [1.165, 1.54) is 13.2 Å². The van der Waals surface area contributed by atoms with Gasteiger partial charge in [-0.2, -0.15) is 0 Å².